The van der Waals surface area contributed by atoms with Gasteiger partial charge >= 0.3 is 5.69 Å². The lowest BCUT2D eigenvalue weighted by atomic mass is 10.2. The molecule has 3 aromatic carbocycles. The van der Waals surface area contributed by atoms with Crippen LogP contribution in [-0.4, -0.2) is 22.2 Å². The highest BCUT2D eigenvalue weighted by atomic mass is 16.6. The van der Waals surface area contributed by atoms with Crippen LogP contribution >= 0.6 is 0 Å². The number of nitrogens with one attached hydrogen (secondary N) is 1. The van der Waals surface area contributed by atoms with Gasteiger partial charge in [-0.15, -0.1) is 0 Å². The van der Waals surface area contributed by atoms with Crippen molar-refractivity contribution in [1.82, 2.24) is 5.43 Å². The van der Waals surface area contributed by atoms with Crippen molar-refractivity contribution in [2.45, 2.75) is 6.61 Å². The fourth-order valence-electron chi connectivity index (χ4n) is 2.51. The first kappa shape index (κ1) is 19.6. The van der Waals surface area contributed by atoms with Crippen LogP contribution in [-0.2, 0) is 6.61 Å². The largest absolute Gasteiger partial charge is 0.502 e. The molecule has 146 valence electrons. The monoisotopic (exact) mass is 391 g/mol. The average molecular weight is 391 g/mol. The number of carbonyl (C=O) groups is 1. The normalized spacial score (nSPS) is 10.6. The predicted molar refractivity (Wildman–Crippen MR) is 107 cm³/mol. The number of ether oxygens (including phenoxy) is 1. The molecule has 0 fully saturated rings. The zero-order chi connectivity index (χ0) is 20.6. The van der Waals surface area contributed by atoms with Gasteiger partial charge in [-0.3, -0.25) is 14.9 Å². The summed E-state index contributed by atoms with van der Waals surface area (Å²) in [5.41, 5.74) is 3.54. The van der Waals surface area contributed by atoms with Crippen molar-refractivity contribution in [2.24, 2.45) is 5.10 Å². The third-order valence-corrected chi connectivity index (χ3v) is 3.94. The van der Waals surface area contributed by atoms with Crippen LogP contribution in [0.5, 0.6) is 11.5 Å². The summed E-state index contributed by atoms with van der Waals surface area (Å²) in [4.78, 5) is 22.6. The Morgan fingerprint density at radius 3 is 2.59 bits per heavy atom. The summed E-state index contributed by atoms with van der Waals surface area (Å²) >= 11 is 0. The van der Waals surface area contributed by atoms with E-state index in [4.69, 9.17) is 4.74 Å². The van der Waals surface area contributed by atoms with Crippen LogP contribution in [0.3, 0.4) is 0 Å². The van der Waals surface area contributed by atoms with Crippen molar-refractivity contribution in [3.63, 3.8) is 0 Å². The number of phenols is 1. The molecule has 3 aromatic rings. The van der Waals surface area contributed by atoms with E-state index in [1.54, 1.807) is 24.3 Å². The number of rotatable bonds is 7. The number of carbonyl (C=O) groups excluding carboxylic acids is 1. The summed E-state index contributed by atoms with van der Waals surface area (Å²) in [5.74, 6) is -0.525. The first-order chi connectivity index (χ1) is 14.0. The summed E-state index contributed by atoms with van der Waals surface area (Å²) in [6.45, 7) is 0.311. The van der Waals surface area contributed by atoms with Gasteiger partial charge in [-0.05, 0) is 29.8 Å². The van der Waals surface area contributed by atoms with Gasteiger partial charge in [0.25, 0.3) is 5.91 Å². The minimum Gasteiger partial charge on any atom is -0.502 e. The molecule has 0 saturated heterocycles. The van der Waals surface area contributed by atoms with E-state index in [1.807, 2.05) is 30.3 Å². The Labute approximate surface area is 166 Å². The summed E-state index contributed by atoms with van der Waals surface area (Å²) in [6.07, 6.45) is 1.25. The predicted octanol–water partition coefficient (Wildman–Crippen LogP) is 3.64. The summed E-state index contributed by atoms with van der Waals surface area (Å²) in [5, 5.41) is 24.1. The van der Waals surface area contributed by atoms with Crippen molar-refractivity contribution in [3.05, 3.63) is 99.6 Å². The molecule has 0 aliphatic carbocycles. The van der Waals surface area contributed by atoms with Crippen LogP contribution in [0.4, 0.5) is 5.69 Å². The van der Waals surface area contributed by atoms with Gasteiger partial charge in [-0.2, -0.15) is 5.10 Å². The van der Waals surface area contributed by atoms with Gasteiger partial charge in [0.1, 0.15) is 12.4 Å². The molecule has 0 radical (unpaired) electrons. The van der Waals surface area contributed by atoms with Crippen molar-refractivity contribution in [3.8, 4) is 11.5 Å². The number of hydrogen-bond donors (Lipinski definition) is 2. The number of aromatic hydroxyl groups is 1. The fraction of sp³-hybridized carbons (Fsp3) is 0.0476. The zero-order valence-corrected chi connectivity index (χ0v) is 15.2. The minimum absolute atomic E-state index is 0.303. The number of nitro groups is 1. The molecule has 8 nitrogen and oxygen atoms in total. The van der Waals surface area contributed by atoms with Gasteiger partial charge in [0, 0.05) is 11.6 Å². The molecule has 1 amide bonds. The van der Waals surface area contributed by atoms with Crippen LogP contribution in [0.25, 0.3) is 0 Å². The quantitative estimate of drug-likeness (QED) is 0.363. The van der Waals surface area contributed by atoms with Gasteiger partial charge in [-0.1, -0.05) is 42.5 Å². The van der Waals surface area contributed by atoms with E-state index in [0.29, 0.717) is 23.5 Å². The second kappa shape index (κ2) is 9.14. The van der Waals surface area contributed by atoms with Gasteiger partial charge in [0.05, 0.1) is 16.7 Å². The molecule has 0 saturated carbocycles. The van der Waals surface area contributed by atoms with Crippen LogP contribution in [0.1, 0.15) is 21.5 Å². The highest BCUT2D eigenvalue weighted by molar-refractivity contribution is 5.97. The van der Waals surface area contributed by atoms with E-state index >= 15 is 0 Å². The lowest BCUT2D eigenvalue weighted by Gasteiger charge is -2.10. The zero-order valence-electron chi connectivity index (χ0n) is 15.2. The number of nitrogens with zero attached hydrogens (tertiary/aromatic N) is 2. The molecular weight excluding hydrogens is 374 g/mol. The first-order valence-electron chi connectivity index (χ1n) is 8.61. The molecule has 0 unspecified atom stereocenters. The van der Waals surface area contributed by atoms with Crippen molar-refractivity contribution in [1.29, 1.82) is 0 Å². The molecule has 0 aromatic heterocycles. The van der Waals surface area contributed by atoms with E-state index in [1.165, 1.54) is 18.3 Å². The van der Waals surface area contributed by atoms with Crippen molar-refractivity contribution < 1.29 is 19.6 Å². The topological polar surface area (TPSA) is 114 Å². The van der Waals surface area contributed by atoms with Crippen LogP contribution < -0.4 is 10.2 Å². The molecule has 0 spiro atoms. The Hall–Kier alpha value is -4.20. The van der Waals surface area contributed by atoms with Crippen LogP contribution in [0.2, 0.25) is 0 Å². The Bertz CT molecular complexity index is 1050. The Morgan fingerprint density at radius 1 is 1.10 bits per heavy atom. The molecule has 0 bridgehead atoms. The third kappa shape index (κ3) is 5.16. The molecule has 3 rings (SSSR count). The number of para-hydroxylation sites is 1. The van der Waals surface area contributed by atoms with E-state index in [2.05, 4.69) is 10.5 Å². The molecule has 2 N–H and O–H groups in total. The Balaban J connectivity index is 1.67. The maximum Gasteiger partial charge on any atom is 0.311 e. The van der Waals surface area contributed by atoms with E-state index in [-0.39, 0.29) is 0 Å². The smallest absolute Gasteiger partial charge is 0.311 e. The first-order valence-corrected chi connectivity index (χ1v) is 8.61. The molecule has 0 heterocycles. The highest BCUT2D eigenvalue weighted by Crippen LogP contribution is 2.25. The van der Waals surface area contributed by atoms with Crippen molar-refractivity contribution in [2.75, 3.05) is 0 Å². The standard InChI is InChI=1S/C21H17N3O5/c25-19-11-10-16(12-18(19)24(27)28)13-22-23-21(26)17-8-4-5-9-20(17)29-14-15-6-2-1-3-7-15/h1-13,25H,14H2,(H,23,26)/b22-13+. The van der Waals surface area contributed by atoms with Crippen molar-refractivity contribution >= 4 is 17.8 Å². The number of phenolic OH excluding ortho intramolecular Hbond substituents is 1. The minimum atomic E-state index is -0.703. The average Bonchev–Trinajstić information content (AvgIpc) is 2.74. The fourth-order valence-corrected chi connectivity index (χ4v) is 2.51. The van der Waals surface area contributed by atoms with Gasteiger partial charge in [0.2, 0.25) is 0 Å². The molecule has 0 atom stereocenters. The van der Waals surface area contributed by atoms with Gasteiger partial charge in [0.15, 0.2) is 5.75 Å². The number of hydrazone groups is 1. The second-order valence-corrected chi connectivity index (χ2v) is 5.97. The summed E-state index contributed by atoms with van der Waals surface area (Å²) < 4.78 is 5.75. The maximum absolute atomic E-state index is 12.4. The summed E-state index contributed by atoms with van der Waals surface area (Å²) in [6, 6.07) is 20.1. The number of hydrogen-bond acceptors (Lipinski definition) is 6. The molecular formula is C21H17N3O5. The van der Waals surface area contributed by atoms with Crippen LogP contribution in [0.15, 0.2) is 77.9 Å². The number of benzene rings is 3. The lowest BCUT2D eigenvalue weighted by molar-refractivity contribution is -0.385. The SMILES string of the molecule is O=C(N/N=C/c1ccc(O)c([N+](=O)[O-])c1)c1ccccc1OCc1ccccc1. The lowest BCUT2D eigenvalue weighted by Crippen LogP contribution is -2.18. The molecule has 8 heteroatoms. The van der Waals surface area contributed by atoms with E-state index in [0.717, 1.165) is 11.6 Å². The molecule has 29 heavy (non-hydrogen) atoms. The highest BCUT2D eigenvalue weighted by Gasteiger charge is 2.14. The Kier molecular flexibility index (Phi) is 6.16. The number of nitro benzene ring substituents is 1. The second-order valence-electron chi connectivity index (χ2n) is 5.97. The molecule has 0 aliphatic rings. The van der Waals surface area contributed by atoms with E-state index < -0.39 is 22.3 Å². The maximum atomic E-state index is 12.4. The number of amides is 1. The third-order valence-electron chi connectivity index (χ3n) is 3.94. The molecule has 0 aliphatic heterocycles. The van der Waals surface area contributed by atoms with Crippen LogP contribution in [0, 0.1) is 10.1 Å². The Morgan fingerprint density at radius 2 is 1.83 bits per heavy atom. The van der Waals surface area contributed by atoms with Gasteiger partial charge in [-0.25, -0.2) is 5.43 Å². The van der Waals surface area contributed by atoms with E-state index in [9.17, 15) is 20.0 Å². The summed E-state index contributed by atoms with van der Waals surface area (Å²) in [7, 11) is 0. The van der Waals surface area contributed by atoms with Gasteiger partial charge < -0.3 is 9.84 Å².